The summed E-state index contributed by atoms with van der Waals surface area (Å²) in [5, 5.41) is 3.51. The third-order valence-electron chi connectivity index (χ3n) is 6.94. The summed E-state index contributed by atoms with van der Waals surface area (Å²) < 4.78 is 11.9. The standard InChI is InChI=1S/C25H40N4O2/c1-3-26-25(29-14-16-31-24(19-29)23-12-8-15-30-23)27-17-21-10-4-5-11-22(21)18-28-13-7-6-9-20(28)2/h4-5,10-11,20,23-24H,3,6-9,12-19H2,1-2H3,(H,26,27). The van der Waals surface area contributed by atoms with Gasteiger partial charge in [-0.3, -0.25) is 4.90 Å². The molecule has 0 aliphatic carbocycles. The van der Waals surface area contributed by atoms with Crippen LogP contribution in [0.4, 0.5) is 0 Å². The molecule has 0 spiro atoms. The molecule has 1 N–H and O–H groups in total. The Hall–Kier alpha value is -1.63. The molecular weight excluding hydrogens is 388 g/mol. The van der Waals surface area contributed by atoms with Crippen LogP contribution in [0.3, 0.4) is 0 Å². The van der Waals surface area contributed by atoms with Crippen LogP contribution in [0.1, 0.15) is 57.1 Å². The zero-order chi connectivity index (χ0) is 21.5. The number of morpholine rings is 1. The monoisotopic (exact) mass is 428 g/mol. The van der Waals surface area contributed by atoms with E-state index in [1.165, 1.54) is 36.9 Å². The Morgan fingerprint density at radius 1 is 1.03 bits per heavy atom. The van der Waals surface area contributed by atoms with Gasteiger partial charge in [0.2, 0.25) is 0 Å². The van der Waals surface area contributed by atoms with E-state index in [1.54, 1.807) is 0 Å². The van der Waals surface area contributed by atoms with Crippen LogP contribution in [-0.4, -0.2) is 73.4 Å². The van der Waals surface area contributed by atoms with E-state index in [1.807, 2.05) is 0 Å². The molecule has 3 heterocycles. The second-order valence-electron chi connectivity index (χ2n) is 9.16. The maximum atomic E-state index is 6.04. The molecule has 0 bridgehead atoms. The summed E-state index contributed by atoms with van der Waals surface area (Å²) in [5.74, 6) is 0.995. The minimum atomic E-state index is 0.146. The van der Waals surface area contributed by atoms with E-state index in [4.69, 9.17) is 14.5 Å². The molecular formula is C25H40N4O2. The van der Waals surface area contributed by atoms with Crippen LogP contribution in [0.25, 0.3) is 0 Å². The largest absolute Gasteiger partial charge is 0.375 e. The van der Waals surface area contributed by atoms with Gasteiger partial charge in [-0.1, -0.05) is 30.7 Å². The topological polar surface area (TPSA) is 49.3 Å². The SMILES string of the molecule is CCNC(=NCc1ccccc1CN1CCCCC1C)N1CCOC(C2CCCO2)C1. The summed E-state index contributed by atoms with van der Waals surface area (Å²) in [6.45, 7) is 11.7. The summed E-state index contributed by atoms with van der Waals surface area (Å²) in [6.07, 6.45) is 6.62. The highest BCUT2D eigenvalue weighted by atomic mass is 16.5. The number of hydrogen-bond donors (Lipinski definition) is 1. The average molecular weight is 429 g/mol. The minimum Gasteiger partial charge on any atom is -0.375 e. The number of ether oxygens (including phenoxy) is 2. The molecule has 6 heteroatoms. The lowest BCUT2D eigenvalue weighted by atomic mass is 10.0. The van der Waals surface area contributed by atoms with Gasteiger partial charge in [0.05, 0.1) is 19.3 Å². The highest BCUT2D eigenvalue weighted by Crippen LogP contribution is 2.23. The van der Waals surface area contributed by atoms with Gasteiger partial charge in [-0.15, -0.1) is 0 Å². The zero-order valence-electron chi connectivity index (χ0n) is 19.4. The van der Waals surface area contributed by atoms with Crippen LogP contribution < -0.4 is 5.32 Å². The summed E-state index contributed by atoms with van der Waals surface area (Å²) in [7, 11) is 0. The third-order valence-corrected chi connectivity index (χ3v) is 6.94. The Balaban J connectivity index is 1.43. The quantitative estimate of drug-likeness (QED) is 0.556. The van der Waals surface area contributed by atoms with Gasteiger partial charge in [0.15, 0.2) is 5.96 Å². The van der Waals surface area contributed by atoms with Gasteiger partial charge >= 0.3 is 0 Å². The first-order valence-electron chi connectivity index (χ1n) is 12.3. The number of benzene rings is 1. The highest BCUT2D eigenvalue weighted by Gasteiger charge is 2.32. The minimum absolute atomic E-state index is 0.146. The van der Waals surface area contributed by atoms with Gasteiger partial charge in [-0.25, -0.2) is 4.99 Å². The summed E-state index contributed by atoms with van der Waals surface area (Å²) in [4.78, 5) is 10.0. The first-order chi connectivity index (χ1) is 15.2. The smallest absolute Gasteiger partial charge is 0.194 e. The third kappa shape index (κ3) is 5.99. The molecule has 6 nitrogen and oxygen atoms in total. The average Bonchev–Trinajstić information content (AvgIpc) is 3.34. The molecule has 0 amide bonds. The number of rotatable bonds is 6. The molecule has 0 aromatic heterocycles. The van der Waals surface area contributed by atoms with E-state index in [0.717, 1.165) is 58.2 Å². The van der Waals surface area contributed by atoms with Gasteiger partial charge in [-0.2, -0.15) is 0 Å². The van der Waals surface area contributed by atoms with E-state index < -0.39 is 0 Å². The molecule has 3 aliphatic rings. The van der Waals surface area contributed by atoms with Crippen molar-refractivity contribution in [2.75, 3.05) is 39.4 Å². The fourth-order valence-corrected chi connectivity index (χ4v) is 5.05. The van der Waals surface area contributed by atoms with Crippen molar-refractivity contribution >= 4 is 5.96 Å². The van der Waals surface area contributed by atoms with Crippen LogP contribution in [-0.2, 0) is 22.6 Å². The van der Waals surface area contributed by atoms with E-state index in [9.17, 15) is 0 Å². The number of guanidine groups is 1. The lowest BCUT2D eigenvalue weighted by molar-refractivity contribution is -0.0817. The van der Waals surface area contributed by atoms with E-state index in [0.29, 0.717) is 12.6 Å². The Morgan fingerprint density at radius 2 is 1.87 bits per heavy atom. The fourth-order valence-electron chi connectivity index (χ4n) is 5.05. The molecule has 0 radical (unpaired) electrons. The van der Waals surface area contributed by atoms with E-state index in [-0.39, 0.29) is 12.2 Å². The fraction of sp³-hybridized carbons (Fsp3) is 0.720. The Labute approximate surface area is 188 Å². The summed E-state index contributed by atoms with van der Waals surface area (Å²) in [6, 6.07) is 9.50. The van der Waals surface area contributed by atoms with Crippen molar-refractivity contribution in [2.24, 2.45) is 4.99 Å². The lowest BCUT2D eigenvalue weighted by Gasteiger charge is -2.37. The van der Waals surface area contributed by atoms with Crippen molar-refractivity contribution in [3.63, 3.8) is 0 Å². The molecule has 0 saturated carbocycles. The van der Waals surface area contributed by atoms with Crippen molar-refractivity contribution in [1.29, 1.82) is 0 Å². The summed E-state index contributed by atoms with van der Waals surface area (Å²) in [5.41, 5.74) is 2.75. The molecule has 3 aliphatic heterocycles. The summed E-state index contributed by atoms with van der Waals surface area (Å²) >= 11 is 0. The molecule has 4 rings (SSSR count). The van der Waals surface area contributed by atoms with Crippen LogP contribution in [0, 0.1) is 0 Å². The van der Waals surface area contributed by atoms with Crippen LogP contribution in [0.5, 0.6) is 0 Å². The Kier molecular flexibility index (Phi) is 8.22. The first kappa shape index (κ1) is 22.6. The van der Waals surface area contributed by atoms with Crippen LogP contribution in [0.15, 0.2) is 29.3 Å². The number of nitrogens with one attached hydrogen (secondary N) is 1. The molecule has 31 heavy (non-hydrogen) atoms. The molecule has 3 fully saturated rings. The van der Waals surface area contributed by atoms with Crippen molar-refractivity contribution in [2.45, 2.75) is 77.3 Å². The van der Waals surface area contributed by atoms with Crippen LogP contribution >= 0.6 is 0 Å². The molecule has 1 aromatic rings. The predicted octanol–water partition coefficient (Wildman–Crippen LogP) is 3.41. The van der Waals surface area contributed by atoms with Gasteiger partial charge in [0.1, 0.15) is 6.10 Å². The van der Waals surface area contributed by atoms with Crippen molar-refractivity contribution in [3.05, 3.63) is 35.4 Å². The number of aliphatic imine (C=N–C) groups is 1. The highest BCUT2D eigenvalue weighted by molar-refractivity contribution is 5.80. The number of hydrogen-bond acceptors (Lipinski definition) is 4. The lowest BCUT2D eigenvalue weighted by Crippen LogP contribution is -2.53. The van der Waals surface area contributed by atoms with Gasteiger partial charge in [-0.05, 0) is 57.2 Å². The Morgan fingerprint density at radius 3 is 2.65 bits per heavy atom. The normalized spacial score (nSPS) is 28.1. The van der Waals surface area contributed by atoms with Crippen molar-refractivity contribution < 1.29 is 9.47 Å². The zero-order valence-corrected chi connectivity index (χ0v) is 19.4. The molecule has 3 saturated heterocycles. The maximum absolute atomic E-state index is 6.04. The van der Waals surface area contributed by atoms with Gasteiger partial charge in [0, 0.05) is 38.8 Å². The number of nitrogens with zero attached hydrogens (tertiary/aromatic N) is 3. The number of likely N-dealkylation sites (tertiary alicyclic amines) is 1. The van der Waals surface area contributed by atoms with Gasteiger partial charge < -0.3 is 19.7 Å². The molecule has 172 valence electrons. The first-order valence-corrected chi connectivity index (χ1v) is 12.3. The van der Waals surface area contributed by atoms with E-state index in [2.05, 4.69) is 53.2 Å². The molecule has 3 unspecified atom stereocenters. The van der Waals surface area contributed by atoms with Gasteiger partial charge in [0.25, 0.3) is 0 Å². The number of piperidine rings is 1. The van der Waals surface area contributed by atoms with Crippen molar-refractivity contribution in [1.82, 2.24) is 15.1 Å². The van der Waals surface area contributed by atoms with E-state index >= 15 is 0 Å². The molecule has 1 aromatic carbocycles. The maximum Gasteiger partial charge on any atom is 0.194 e. The predicted molar refractivity (Wildman–Crippen MR) is 125 cm³/mol. The van der Waals surface area contributed by atoms with Crippen LogP contribution in [0.2, 0.25) is 0 Å². The second-order valence-corrected chi connectivity index (χ2v) is 9.16. The van der Waals surface area contributed by atoms with Crippen molar-refractivity contribution in [3.8, 4) is 0 Å². The second kappa shape index (κ2) is 11.3. The molecule has 3 atom stereocenters. The Bertz CT molecular complexity index is 719.